The molecule has 0 bridgehead atoms. The van der Waals surface area contributed by atoms with E-state index in [2.05, 4.69) is 17.2 Å². The van der Waals surface area contributed by atoms with Crippen molar-refractivity contribution in [3.63, 3.8) is 0 Å². The Morgan fingerprint density at radius 1 is 1.35 bits per heavy atom. The zero-order chi connectivity index (χ0) is 15.8. The summed E-state index contributed by atoms with van der Waals surface area (Å²) in [7, 11) is 0. The smallest absolute Gasteiger partial charge is 0.321 e. The first-order valence-electron chi connectivity index (χ1n) is 7.97. The standard InChI is InChI=1S/C16H19N5O2/c1-2-13-10-20(18-17-13)14-8-9-19(11-14)16(22)21-15(23-21)12-6-4-3-5-7-12/h3-7,10,14-15H,2,8-9,11H2,1H3. The number of amides is 2. The molecule has 7 heteroatoms. The minimum Gasteiger partial charge on any atom is -0.321 e. The van der Waals surface area contributed by atoms with E-state index in [9.17, 15) is 4.79 Å². The number of nitrogens with zero attached hydrogens (tertiary/aromatic N) is 5. The van der Waals surface area contributed by atoms with Gasteiger partial charge in [0.15, 0.2) is 0 Å². The molecule has 2 fully saturated rings. The van der Waals surface area contributed by atoms with Gasteiger partial charge >= 0.3 is 6.03 Å². The van der Waals surface area contributed by atoms with Crippen LogP contribution in [0.15, 0.2) is 36.5 Å². The maximum Gasteiger partial charge on any atom is 0.347 e. The summed E-state index contributed by atoms with van der Waals surface area (Å²) < 4.78 is 1.88. The number of carbonyl (C=O) groups excluding carboxylic acids is 1. The minimum absolute atomic E-state index is 0.0721. The lowest BCUT2D eigenvalue weighted by Crippen LogP contribution is -2.33. The highest BCUT2D eigenvalue weighted by atomic mass is 16.8. The Bertz CT molecular complexity index is 702. The average Bonchev–Trinajstić information content (AvgIpc) is 3.01. The maximum absolute atomic E-state index is 12.5. The third-order valence-electron chi connectivity index (χ3n) is 4.38. The molecular formula is C16H19N5O2. The van der Waals surface area contributed by atoms with E-state index in [1.165, 1.54) is 5.06 Å². The van der Waals surface area contributed by atoms with Gasteiger partial charge in [0.2, 0.25) is 6.23 Å². The average molecular weight is 313 g/mol. The number of likely N-dealkylation sites (tertiary alicyclic amines) is 1. The van der Waals surface area contributed by atoms with Crippen LogP contribution in [0.1, 0.15) is 36.9 Å². The van der Waals surface area contributed by atoms with E-state index in [4.69, 9.17) is 4.84 Å². The van der Waals surface area contributed by atoms with E-state index in [0.717, 1.165) is 24.1 Å². The van der Waals surface area contributed by atoms with Gasteiger partial charge in [-0.05, 0) is 12.8 Å². The van der Waals surface area contributed by atoms with Crippen LogP contribution in [-0.4, -0.2) is 44.1 Å². The Balaban J connectivity index is 1.38. The molecule has 2 aromatic rings. The quantitative estimate of drug-likeness (QED) is 0.814. The second-order valence-electron chi connectivity index (χ2n) is 5.91. The van der Waals surface area contributed by atoms with Crippen molar-refractivity contribution in [2.75, 3.05) is 13.1 Å². The Labute approximate surface area is 134 Å². The van der Waals surface area contributed by atoms with Crippen molar-refractivity contribution >= 4 is 6.03 Å². The molecular weight excluding hydrogens is 294 g/mol. The first-order valence-corrected chi connectivity index (χ1v) is 7.97. The number of rotatable bonds is 3. The monoisotopic (exact) mass is 313 g/mol. The molecule has 0 spiro atoms. The fourth-order valence-electron chi connectivity index (χ4n) is 2.96. The topological polar surface area (TPSA) is 66.6 Å². The van der Waals surface area contributed by atoms with Gasteiger partial charge in [0.05, 0.1) is 11.7 Å². The number of hydrogen-bond acceptors (Lipinski definition) is 4. The minimum atomic E-state index is -0.249. The van der Waals surface area contributed by atoms with Crippen LogP contribution in [0.5, 0.6) is 0 Å². The van der Waals surface area contributed by atoms with Gasteiger partial charge < -0.3 is 4.90 Å². The lowest BCUT2D eigenvalue weighted by molar-refractivity contribution is 0.144. The molecule has 0 radical (unpaired) electrons. The van der Waals surface area contributed by atoms with Gasteiger partial charge in [-0.15, -0.1) is 5.10 Å². The van der Waals surface area contributed by atoms with Crippen LogP contribution < -0.4 is 0 Å². The molecule has 2 amide bonds. The van der Waals surface area contributed by atoms with E-state index in [-0.39, 0.29) is 18.3 Å². The summed E-state index contributed by atoms with van der Waals surface area (Å²) in [4.78, 5) is 19.8. The zero-order valence-electron chi connectivity index (χ0n) is 13.0. The molecule has 2 saturated heterocycles. The molecule has 120 valence electrons. The predicted molar refractivity (Wildman–Crippen MR) is 82.1 cm³/mol. The third-order valence-corrected chi connectivity index (χ3v) is 4.38. The molecule has 2 aliphatic rings. The molecule has 4 rings (SSSR count). The van der Waals surface area contributed by atoms with Crippen molar-refractivity contribution < 1.29 is 9.63 Å². The molecule has 2 unspecified atom stereocenters. The molecule has 1 aromatic heterocycles. The fourth-order valence-corrected chi connectivity index (χ4v) is 2.96. The van der Waals surface area contributed by atoms with E-state index in [0.29, 0.717) is 13.1 Å². The summed E-state index contributed by atoms with van der Waals surface area (Å²) >= 11 is 0. The second kappa shape index (κ2) is 5.66. The molecule has 0 N–H and O–H groups in total. The number of hydrogen-bond donors (Lipinski definition) is 0. The van der Waals surface area contributed by atoms with Crippen molar-refractivity contribution in [3.05, 3.63) is 47.8 Å². The van der Waals surface area contributed by atoms with Gasteiger partial charge in [0.25, 0.3) is 0 Å². The number of aromatic nitrogens is 3. The molecule has 3 heterocycles. The van der Waals surface area contributed by atoms with Gasteiger partial charge in [-0.25, -0.2) is 14.3 Å². The highest BCUT2D eigenvalue weighted by Gasteiger charge is 2.46. The summed E-state index contributed by atoms with van der Waals surface area (Å²) in [6.07, 6.45) is 3.48. The van der Waals surface area contributed by atoms with Crippen molar-refractivity contribution in [2.24, 2.45) is 0 Å². The van der Waals surface area contributed by atoms with E-state index >= 15 is 0 Å². The van der Waals surface area contributed by atoms with Crippen LogP contribution in [-0.2, 0) is 11.3 Å². The Kier molecular flexibility index (Phi) is 3.49. The zero-order valence-corrected chi connectivity index (χ0v) is 13.0. The fraction of sp³-hybridized carbons (Fsp3) is 0.438. The molecule has 7 nitrogen and oxygen atoms in total. The number of hydroxylamine groups is 2. The van der Waals surface area contributed by atoms with Crippen LogP contribution in [0, 0.1) is 0 Å². The van der Waals surface area contributed by atoms with Crippen LogP contribution in [0.4, 0.5) is 4.79 Å². The molecule has 1 aromatic carbocycles. The Morgan fingerprint density at radius 2 is 2.17 bits per heavy atom. The first-order chi connectivity index (χ1) is 11.3. The third kappa shape index (κ3) is 2.68. The molecule has 23 heavy (non-hydrogen) atoms. The number of carbonyl (C=O) groups is 1. The lowest BCUT2D eigenvalue weighted by atomic mass is 10.2. The summed E-state index contributed by atoms with van der Waals surface area (Å²) in [5.41, 5.74) is 1.98. The normalized spacial score (nSPS) is 23.3. The van der Waals surface area contributed by atoms with Crippen molar-refractivity contribution in [2.45, 2.75) is 32.0 Å². The summed E-state index contributed by atoms with van der Waals surface area (Å²) in [6.45, 7) is 3.42. The second-order valence-corrected chi connectivity index (χ2v) is 5.91. The first kappa shape index (κ1) is 14.2. The molecule has 0 saturated carbocycles. The molecule has 2 aliphatic heterocycles. The Hall–Kier alpha value is -2.41. The maximum atomic E-state index is 12.5. The van der Waals surface area contributed by atoms with Gasteiger partial charge in [0, 0.05) is 24.8 Å². The summed E-state index contributed by atoms with van der Waals surface area (Å²) in [5.74, 6) is 0. The SMILES string of the molecule is CCc1cn(C2CCN(C(=O)N3OC3c3ccccc3)C2)nn1. The number of urea groups is 1. The number of aryl methyl sites for hydroxylation is 1. The van der Waals surface area contributed by atoms with Crippen molar-refractivity contribution in [3.8, 4) is 0 Å². The summed E-state index contributed by atoms with van der Waals surface area (Å²) in [5, 5.41) is 9.73. The van der Waals surface area contributed by atoms with Crippen LogP contribution >= 0.6 is 0 Å². The summed E-state index contributed by atoms with van der Waals surface area (Å²) in [6, 6.07) is 9.90. The number of benzene rings is 1. The highest BCUT2D eigenvalue weighted by molar-refractivity contribution is 5.75. The van der Waals surface area contributed by atoms with E-state index in [1.54, 1.807) is 0 Å². The van der Waals surface area contributed by atoms with Gasteiger partial charge in [-0.3, -0.25) is 0 Å². The van der Waals surface area contributed by atoms with Gasteiger partial charge in [-0.2, -0.15) is 5.06 Å². The van der Waals surface area contributed by atoms with E-state index < -0.39 is 0 Å². The van der Waals surface area contributed by atoms with Crippen molar-refractivity contribution in [1.29, 1.82) is 0 Å². The van der Waals surface area contributed by atoms with Crippen LogP contribution in [0.2, 0.25) is 0 Å². The van der Waals surface area contributed by atoms with Crippen LogP contribution in [0.3, 0.4) is 0 Å². The largest absolute Gasteiger partial charge is 0.347 e. The Morgan fingerprint density at radius 3 is 2.91 bits per heavy atom. The van der Waals surface area contributed by atoms with E-state index in [1.807, 2.05) is 46.1 Å². The van der Waals surface area contributed by atoms with Gasteiger partial charge in [-0.1, -0.05) is 42.5 Å². The van der Waals surface area contributed by atoms with Gasteiger partial charge in [0.1, 0.15) is 0 Å². The predicted octanol–water partition coefficient (Wildman–Crippen LogP) is 2.15. The van der Waals surface area contributed by atoms with Crippen LogP contribution in [0.25, 0.3) is 0 Å². The highest BCUT2D eigenvalue weighted by Crippen LogP contribution is 2.38. The molecule has 0 aliphatic carbocycles. The molecule has 2 atom stereocenters. The lowest BCUT2D eigenvalue weighted by Gasteiger charge is -2.15. The van der Waals surface area contributed by atoms with Crippen molar-refractivity contribution in [1.82, 2.24) is 25.0 Å².